The number of nitrogens with zero attached hydrogens (tertiary/aromatic N) is 7. The number of fused-ring (bicyclic) bond motifs is 2. The summed E-state index contributed by atoms with van der Waals surface area (Å²) in [6.45, 7) is 12.4. The Morgan fingerprint density at radius 3 is 2.40 bits per heavy atom. The van der Waals surface area contributed by atoms with Crippen molar-refractivity contribution < 1.29 is 22.8 Å². The van der Waals surface area contributed by atoms with Crippen LogP contribution in [0.4, 0.5) is 14.5 Å². The molecule has 6 heterocycles. The number of carbonyl (C=O) groups is 1. The largest absolute Gasteiger partial charge is 0.438 e. The average molecular weight is 885 g/mol. The van der Waals surface area contributed by atoms with E-state index in [9.17, 15) is 9.59 Å². The molecule has 4 aromatic heterocycles. The summed E-state index contributed by atoms with van der Waals surface area (Å²) in [4.78, 5) is 47.1. The molecular formula is C48H50F2N10O5. The Balaban J connectivity index is 1.13. The molecule has 10 rings (SSSR count). The van der Waals surface area contributed by atoms with E-state index in [0.717, 1.165) is 35.5 Å². The van der Waals surface area contributed by atoms with Crippen LogP contribution in [0.15, 0.2) is 75.0 Å². The zero-order chi connectivity index (χ0) is 45.9. The monoisotopic (exact) mass is 884 g/mol. The summed E-state index contributed by atoms with van der Waals surface area (Å²) in [7, 11) is 1.62. The second kappa shape index (κ2) is 15.1. The molecule has 2 fully saturated rings. The first kappa shape index (κ1) is 42.1. The highest BCUT2D eigenvalue weighted by molar-refractivity contribution is 6.00. The van der Waals surface area contributed by atoms with Crippen LogP contribution in [0.1, 0.15) is 109 Å². The molecule has 4 unspecified atom stereocenters. The van der Waals surface area contributed by atoms with Gasteiger partial charge >= 0.3 is 11.4 Å². The number of aromatic nitrogens is 7. The number of hydrogen-bond acceptors (Lipinski definition) is 9. The number of benzene rings is 3. The summed E-state index contributed by atoms with van der Waals surface area (Å²) < 4.78 is 48.4. The standard InChI is InChI=1S/C48H50F2N10O5/c1-25-18-32(19-26(2)40(25)49)60-42(58-16-15-57(46(58)63)37-11-9-34(52-7)33(24-51)41(37)50)39-28(4)56(14-12-35(39)54-60)43(61)38-21-31-20-29(30-13-17-64-47(5,6)23-30)8-10-36(31)59(38)48(22-27(48)3)44-53-45(62)65-55-44/h8-11,15-16,18-21,24,27-28,30,51-52H,12-14,17,22-23H2,1-7H3,(H,53,55,62). The lowest BCUT2D eigenvalue weighted by Gasteiger charge is -2.35. The molecule has 1 saturated carbocycles. The smallest absolute Gasteiger partial charge is 0.388 e. The zero-order valence-electron chi connectivity index (χ0n) is 37.3. The van der Waals surface area contributed by atoms with Crippen molar-refractivity contribution in [3.8, 4) is 17.2 Å². The third-order valence-electron chi connectivity index (χ3n) is 13.9. The maximum absolute atomic E-state index is 16.0. The van der Waals surface area contributed by atoms with E-state index in [2.05, 4.69) is 54.4 Å². The van der Waals surface area contributed by atoms with Crippen LogP contribution in [0.3, 0.4) is 0 Å². The molecule has 0 radical (unpaired) electrons. The number of ether oxygens (including phenoxy) is 1. The maximum Gasteiger partial charge on any atom is 0.438 e. The van der Waals surface area contributed by atoms with Gasteiger partial charge in [-0.2, -0.15) is 5.10 Å². The second-order valence-electron chi connectivity index (χ2n) is 18.4. The maximum atomic E-state index is 16.0. The first-order valence-corrected chi connectivity index (χ1v) is 21.9. The van der Waals surface area contributed by atoms with Gasteiger partial charge in [-0.1, -0.05) is 18.1 Å². The van der Waals surface area contributed by atoms with Gasteiger partial charge in [0.05, 0.1) is 34.3 Å². The number of nitrogens with one attached hydrogen (secondary N) is 3. The van der Waals surface area contributed by atoms with Gasteiger partial charge in [0.25, 0.3) is 5.91 Å². The van der Waals surface area contributed by atoms with Crippen LogP contribution in [0, 0.1) is 36.8 Å². The number of hydrogen-bond donors (Lipinski definition) is 3. The molecule has 1 aliphatic carbocycles. The number of amides is 1. The molecule has 1 amide bonds. The topological polar surface area (TPSA) is 174 Å². The highest BCUT2D eigenvalue weighted by atomic mass is 19.1. The Bertz CT molecular complexity index is 3200. The minimum atomic E-state index is -0.867. The first-order chi connectivity index (χ1) is 31.1. The van der Waals surface area contributed by atoms with Crippen LogP contribution in [-0.2, 0) is 16.7 Å². The predicted molar refractivity (Wildman–Crippen MR) is 240 cm³/mol. The van der Waals surface area contributed by atoms with Gasteiger partial charge in [0.2, 0.25) is 0 Å². The lowest BCUT2D eigenvalue weighted by Crippen LogP contribution is -2.41. The van der Waals surface area contributed by atoms with Crippen LogP contribution in [0.2, 0.25) is 0 Å². The van der Waals surface area contributed by atoms with Crippen molar-refractivity contribution >= 4 is 28.7 Å². The van der Waals surface area contributed by atoms with Gasteiger partial charge in [-0.25, -0.2) is 23.1 Å². The molecule has 0 spiro atoms. The van der Waals surface area contributed by atoms with E-state index >= 15 is 13.6 Å². The Kier molecular flexibility index (Phi) is 9.78. The van der Waals surface area contributed by atoms with E-state index in [1.165, 1.54) is 27.6 Å². The average Bonchev–Trinajstić information content (AvgIpc) is 3.77. The Morgan fingerprint density at radius 1 is 1.00 bits per heavy atom. The third-order valence-corrected chi connectivity index (χ3v) is 13.9. The molecule has 3 aliphatic rings. The Hall–Kier alpha value is -6.88. The van der Waals surface area contributed by atoms with Gasteiger partial charge in [0.15, 0.2) is 11.6 Å². The van der Waals surface area contributed by atoms with Crippen LogP contribution >= 0.6 is 0 Å². The Morgan fingerprint density at radius 2 is 1.74 bits per heavy atom. The number of anilines is 1. The van der Waals surface area contributed by atoms with Crippen molar-refractivity contribution in [2.75, 3.05) is 25.5 Å². The van der Waals surface area contributed by atoms with Gasteiger partial charge < -0.3 is 24.9 Å². The van der Waals surface area contributed by atoms with E-state index in [4.69, 9.17) is 19.8 Å². The number of H-pyrrole nitrogens is 1. The van der Waals surface area contributed by atoms with Crippen molar-refractivity contribution in [2.45, 2.75) is 90.3 Å². The Labute approximate surface area is 372 Å². The number of rotatable bonds is 9. The fourth-order valence-electron chi connectivity index (χ4n) is 10.5. The van der Waals surface area contributed by atoms with Crippen LogP contribution in [-0.4, -0.2) is 76.4 Å². The summed E-state index contributed by atoms with van der Waals surface area (Å²) in [5.41, 5.74) is 3.43. The number of imidazole rings is 1. The minimum Gasteiger partial charge on any atom is -0.388 e. The normalized spacial score (nSPS) is 21.4. The van der Waals surface area contributed by atoms with Crippen LogP contribution < -0.4 is 16.8 Å². The van der Waals surface area contributed by atoms with Gasteiger partial charge in [0.1, 0.15) is 22.9 Å². The highest BCUT2D eigenvalue weighted by Crippen LogP contribution is 2.56. The van der Waals surface area contributed by atoms with E-state index in [1.54, 1.807) is 48.7 Å². The summed E-state index contributed by atoms with van der Waals surface area (Å²) in [5, 5.41) is 20.8. The van der Waals surface area contributed by atoms with E-state index in [1.807, 2.05) is 17.6 Å². The molecule has 15 nitrogen and oxygen atoms in total. The predicted octanol–water partition coefficient (Wildman–Crippen LogP) is 7.59. The number of aromatic amines is 1. The first-order valence-electron chi connectivity index (χ1n) is 21.9. The molecule has 65 heavy (non-hydrogen) atoms. The molecule has 3 aromatic carbocycles. The van der Waals surface area contributed by atoms with E-state index < -0.39 is 28.8 Å². The zero-order valence-corrected chi connectivity index (χ0v) is 37.3. The van der Waals surface area contributed by atoms with Crippen molar-refractivity contribution in [2.24, 2.45) is 5.92 Å². The van der Waals surface area contributed by atoms with Gasteiger partial charge in [-0.15, -0.1) is 0 Å². The van der Waals surface area contributed by atoms with Crippen LogP contribution in [0.5, 0.6) is 0 Å². The van der Waals surface area contributed by atoms with Crippen molar-refractivity contribution in [3.05, 3.63) is 139 Å². The molecule has 17 heteroatoms. The molecule has 1 saturated heterocycles. The van der Waals surface area contributed by atoms with Crippen molar-refractivity contribution in [1.29, 1.82) is 5.41 Å². The molecule has 3 N–H and O–H groups in total. The number of carbonyl (C=O) groups excluding carboxylic acids is 1. The second-order valence-corrected chi connectivity index (χ2v) is 18.4. The van der Waals surface area contributed by atoms with Crippen molar-refractivity contribution in [1.82, 2.24) is 38.5 Å². The summed E-state index contributed by atoms with van der Waals surface area (Å²) >= 11 is 0. The van der Waals surface area contributed by atoms with E-state index in [0.29, 0.717) is 70.5 Å². The lowest BCUT2D eigenvalue weighted by molar-refractivity contribution is -0.0592. The molecule has 7 aromatic rings. The molecule has 0 bridgehead atoms. The number of aryl methyl sites for hydroxylation is 2. The fraction of sp³-hybridized carbons (Fsp3) is 0.375. The van der Waals surface area contributed by atoms with Crippen LogP contribution in [0.25, 0.3) is 28.1 Å². The molecule has 336 valence electrons. The summed E-state index contributed by atoms with van der Waals surface area (Å²) in [5.74, 6) is -1.17. The SMILES string of the molecule is CNc1ccc(-n2ccn(-c3c4c(nn3-c3cc(C)c(F)c(C)c3)CCN(C(=O)c3cc5cc(C6CCOC(C)(C)C6)ccc5n3C3(c5noc(=O)[nH]5)CC3C)C4C)c2=O)c(F)c1C=N. The van der Waals surface area contributed by atoms with E-state index in [-0.39, 0.29) is 47.0 Å². The molecule has 4 atom stereocenters. The molecule has 2 aliphatic heterocycles. The fourth-order valence-corrected chi connectivity index (χ4v) is 10.5. The number of halogens is 2. The highest BCUT2D eigenvalue weighted by Gasteiger charge is 2.59. The van der Waals surface area contributed by atoms with Gasteiger partial charge in [-0.05, 0) is 125 Å². The lowest BCUT2D eigenvalue weighted by atomic mass is 9.83. The minimum absolute atomic E-state index is 0.00874. The van der Waals surface area contributed by atoms with Gasteiger partial charge in [-0.3, -0.25) is 23.4 Å². The molecular weight excluding hydrogens is 835 g/mol. The summed E-state index contributed by atoms with van der Waals surface area (Å²) in [6.07, 6.45) is 6.51. The summed E-state index contributed by atoms with van der Waals surface area (Å²) in [6, 6.07) is 14.0. The quantitative estimate of drug-likeness (QED) is 0.124. The van der Waals surface area contributed by atoms with Crippen molar-refractivity contribution in [3.63, 3.8) is 0 Å². The third kappa shape index (κ3) is 6.52. The van der Waals surface area contributed by atoms with Gasteiger partial charge in [0, 0.05) is 67.4 Å².